The van der Waals surface area contributed by atoms with E-state index in [1.54, 1.807) is 25.2 Å². The molecule has 0 fully saturated rings. The zero-order valence-electron chi connectivity index (χ0n) is 10.2. The van der Waals surface area contributed by atoms with Crippen LogP contribution in [0.5, 0.6) is 0 Å². The molecule has 0 saturated heterocycles. The number of halogens is 2. The Kier molecular flexibility index (Phi) is 3.71. The Morgan fingerprint density at radius 2 is 1.84 bits per heavy atom. The molecular formula is C14H12ClFN2O. The Labute approximate surface area is 115 Å². The van der Waals surface area contributed by atoms with Crippen molar-refractivity contribution in [1.29, 1.82) is 0 Å². The Bertz CT molecular complexity index is 613. The molecule has 0 aliphatic carbocycles. The van der Waals surface area contributed by atoms with Gasteiger partial charge in [-0.1, -0.05) is 17.7 Å². The zero-order valence-corrected chi connectivity index (χ0v) is 11.0. The number of benzene rings is 2. The smallest absolute Gasteiger partial charge is 0.259 e. The average Bonchev–Trinajstić information content (AvgIpc) is 2.41. The van der Waals surface area contributed by atoms with E-state index in [-0.39, 0.29) is 16.7 Å². The molecule has 0 aliphatic heterocycles. The molecule has 0 aliphatic rings. The van der Waals surface area contributed by atoms with Gasteiger partial charge < -0.3 is 10.6 Å². The molecule has 2 aromatic rings. The van der Waals surface area contributed by atoms with Crippen LogP contribution in [-0.2, 0) is 0 Å². The van der Waals surface area contributed by atoms with Gasteiger partial charge in [-0.2, -0.15) is 0 Å². The lowest BCUT2D eigenvalue weighted by Crippen LogP contribution is -2.26. The highest BCUT2D eigenvalue weighted by molar-refractivity contribution is 6.36. The molecule has 0 atom stereocenters. The zero-order chi connectivity index (χ0) is 14.0. The Morgan fingerprint density at radius 3 is 2.47 bits per heavy atom. The van der Waals surface area contributed by atoms with Crippen LogP contribution in [0.1, 0.15) is 10.4 Å². The number of nitrogen functional groups attached to an aromatic ring is 1. The number of hydrogen-bond acceptors (Lipinski definition) is 2. The van der Waals surface area contributed by atoms with E-state index in [0.29, 0.717) is 16.9 Å². The number of anilines is 2. The predicted molar refractivity (Wildman–Crippen MR) is 75.0 cm³/mol. The summed E-state index contributed by atoms with van der Waals surface area (Å²) < 4.78 is 12.9. The molecule has 0 unspecified atom stereocenters. The first kappa shape index (κ1) is 13.4. The number of nitrogens with zero attached hydrogens (tertiary/aromatic N) is 1. The van der Waals surface area contributed by atoms with Crippen LogP contribution >= 0.6 is 11.6 Å². The number of carbonyl (C=O) groups excluding carboxylic acids is 1. The second-order valence-corrected chi connectivity index (χ2v) is 4.43. The fourth-order valence-corrected chi connectivity index (χ4v) is 1.88. The minimum Gasteiger partial charge on any atom is -0.398 e. The van der Waals surface area contributed by atoms with E-state index in [1.165, 1.54) is 29.2 Å². The van der Waals surface area contributed by atoms with Gasteiger partial charge in [0.05, 0.1) is 16.3 Å². The van der Waals surface area contributed by atoms with Crippen LogP contribution in [0, 0.1) is 5.82 Å². The minimum atomic E-state index is -0.355. The molecule has 0 bridgehead atoms. The van der Waals surface area contributed by atoms with E-state index in [0.717, 1.165) is 0 Å². The largest absolute Gasteiger partial charge is 0.398 e. The second-order valence-electron chi connectivity index (χ2n) is 4.05. The van der Waals surface area contributed by atoms with Crippen LogP contribution in [0.4, 0.5) is 15.8 Å². The highest BCUT2D eigenvalue weighted by Gasteiger charge is 2.17. The molecule has 3 nitrogen and oxygen atoms in total. The molecule has 2 N–H and O–H groups in total. The van der Waals surface area contributed by atoms with Gasteiger partial charge in [0.2, 0.25) is 0 Å². The molecule has 0 radical (unpaired) electrons. The molecule has 2 aromatic carbocycles. The molecule has 19 heavy (non-hydrogen) atoms. The van der Waals surface area contributed by atoms with Crippen LogP contribution in [-0.4, -0.2) is 13.0 Å². The summed E-state index contributed by atoms with van der Waals surface area (Å²) in [6.45, 7) is 0. The third-order valence-electron chi connectivity index (χ3n) is 2.78. The Morgan fingerprint density at radius 1 is 1.21 bits per heavy atom. The third kappa shape index (κ3) is 2.69. The predicted octanol–water partition coefficient (Wildman–Crippen LogP) is 3.34. The summed E-state index contributed by atoms with van der Waals surface area (Å²) in [7, 11) is 1.59. The van der Waals surface area contributed by atoms with Gasteiger partial charge in [0, 0.05) is 12.7 Å². The number of carbonyl (C=O) groups is 1. The van der Waals surface area contributed by atoms with E-state index in [4.69, 9.17) is 17.3 Å². The maximum Gasteiger partial charge on any atom is 0.259 e. The summed E-state index contributed by atoms with van der Waals surface area (Å²) in [5.41, 5.74) is 6.90. The molecule has 0 spiro atoms. The van der Waals surface area contributed by atoms with Crippen LogP contribution in [0.3, 0.4) is 0 Å². The van der Waals surface area contributed by atoms with Crippen molar-refractivity contribution in [3.8, 4) is 0 Å². The quantitative estimate of drug-likeness (QED) is 0.857. The topological polar surface area (TPSA) is 46.3 Å². The van der Waals surface area contributed by atoms with Gasteiger partial charge >= 0.3 is 0 Å². The first-order valence-corrected chi connectivity index (χ1v) is 5.96. The van der Waals surface area contributed by atoms with Gasteiger partial charge in [0.25, 0.3) is 5.91 Å². The summed E-state index contributed by atoms with van der Waals surface area (Å²) in [6.07, 6.45) is 0. The number of nitrogens with two attached hydrogens (primary N) is 1. The number of amides is 1. The molecule has 2 rings (SSSR count). The first-order valence-electron chi connectivity index (χ1n) is 5.58. The van der Waals surface area contributed by atoms with Gasteiger partial charge in [-0.05, 0) is 36.4 Å². The minimum absolute atomic E-state index is 0.224. The Balaban J connectivity index is 2.33. The average molecular weight is 279 g/mol. The van der Waals surface area contributed by atoms with Crippen molar-refractivity contribution in [3.63, 3.8) is 0 Å². The molecule has 5 heteroatoms. The number of hydrogen-bond donors (Lipinski definition) is 1. The molecule has 0 heterocycles. The Hall–Kier alpha value is -2.07. The summed E-state index contributed by atoms with van der Waals surface area (Å²) in [6, 6.07) is 10.5. The van der Waals surface area contributed by atoms with Crippen LogP contribution < -0.4 is 10.6 Å². The fourth-order valence-electron chi connectivity index (χ4n) is 1.68. The van der Waals surface area contributed by atoms with Gasteiger partial charge in [-0.15, -0.1) is 0 Å². The summed E-state index contributed by atoms with van der Waals surface area (Å²) >= 11 is 6.01. The van der Waals surface area contributed by atoms with Crippen molar-refractivity contribution in [1.82, 2.24) is 0 Å². The van der Waals surface area contributed by atoms with E-state index >= 15 is 0 Å². The second kappa shape index (κ2) is 5.28. The molecule has 0 aromatic heterocycles. The van der Waals surface area contributed by atoms with Gasteiger partial charge in [0.15, 0.2) is 0 Å². The standard InChI is InChI=1S/C14H12ClFN2O/c1-18(10-7-5-9(16)6-8-10)14(19)11-3-2-4-12(17)13(11)15/h2-8H,17H2,1H3. The lowest BCUT2D eigenvalue weighted by Gasteiger charge is -2.18. The van der Waals surface area contributed by atoms with E-state index in [1.807, 2.05) is 0 Å². The van der Waals surface area contributed by atoms with Gasteiger partial charge in [-0.25, -0.2) is 4.39 Å². The van der Waals surface area contributed by atoms with Crippen LogP contribution in [0.15, 0.2) is 42.5 Å². The van der Waals surface area contributed by atoms with Crippen molar-refractivity contribution < 1.29 is 9.18 Å². The highest BCUT2D eigenvalue weighted by atomic mass is 35.5. The molecule has 1 amide bonds. The van der Waals surface area contributed by atoms with Crippen molar-refractivity contribution in [2.24, 2.45) is 0 Å². The van der Waals surface area contributed by atoms with Crippen molar-refractivity contribution in [2.75, 3.05) is 17.7 Å². The van der Waals surface area contributed by atoms with E-state index < -0.39 is 0 Å². The fraction of sp³-hybridized carbons (Fsp3) is 0.0714. The molecule has 0 saturated carbocycles. The first-order chi connectivity index (χ1) is 9.00. The molecular weight excluding hydrogens is 267 g/mol. The summed E-state index contributed by atoms with van der Waals surface area (Å²) in [5.74, 6) is -0.657. The SMILES string of the molecule is CN(C(=O)c1cccc(N)c1Cl)c1ccc(F)cc1. The van der Waals surface area contributed by atoms with Crippen molar-refractivity contribution >= 4 is 28.9 Å². The highest BCUT2D eigenvalue weighted by Crippen LogP contribution is 2.25. The van der Waals surface area contributed by atoms with Crippen LogP contribution in [0.2, 0.25) is 5.02 Å². The lowest BCUT2D eigenvalue weighted by atomic mass is 10.1. The monoisotopic (exact) mass is 278 g/mol. The molecule has 98 valence electrons. The van der Waals surface area contributed by atoms with Crippen LogP contribution in [0.25, 0.3) is 0 Å². The normalized spacial score (nSPS) is 10.3. The van der Waals surface area contributed by atoms with Gasteiger partial charge in [0.1, 0.15) is 5.82 Å². The maximum absolute atomic E-state index is 12.9. The maximum atomic E-state index is 12.9. The van der Waals surface area contributed by atoms with Crippen molar-refractivity contribution in [2.45, 2.75) is 0 Å². The van der Waals surface area contributed by atoms with E-state index in [2.05, 4.69) is 0 Å². The third-order valence-corrected chi connectivity index (χ3v) is 3.20. The van der Waals surface area contributed by atoms with Crippen molar-refractivity contribution in [3.05, 3.63) is 58.9 Å². The van der Waals surface area contributed by atoms with E-state index in [9.17, 15) is 9.18 Å². The lowest BCUT2D eigenvalue weighted by molar-refractivity contribution is 0.0993. The van der Waals surface area contributed by atoms with Gasteiger partial charge in [-0.3, -0.25) is 4.79 Å². The summed E-state index contributed by atoms with van der Waals surface area (Å²) in [5, 5.41) is 0.224. The summed E-state index contributed by atoms with van der Waals surface area (Å²) in [4.78, 5) is 13.7. The number of rotatable bonds is 2.